The molecule has 4 rings (SSSR count). The molecule has 1 heterocycles. The summed E-state index contributed by atoms with van der Waals surface area (Å²) in [6, 6.07) is 21.2. The van der Waals surface area contributed by atoms with Gasteiger partial charge in [-0.05, 0) is 94.6 Å². The molecule has 7 nitrogen and oxygen atoms in total. The number of rotatable bonds is 13. The van der Waals surface area contributed by atoms with Crippen LogP contribution in [0.2, 0.25) is 0 Å². The molecule has 0 aliphatic carbocycles. The predicted molar refractivity (Wildman–Crippen MR) is 196 cm³/mol. The van der Waals surface area contributed by atoms with Crippen molar-refractivity contribution in [2.75, 3.05) is 86.6 Å². The fraction of sp³-hybridized carbons (Fsp3) is 0.525. The van der Waals surface area contributed by atoms with Gasteiger partial charge in [0.05, 0.1) is 0 Å². The van der Waals surface area contributed by atoms with E-state index in [2.05, 4.69) is 111 Å². The normalized spacial score (nSPS) is 14.8. The van der Waals surface area contributed by atoms with Gasteiger partial charge in [0.1, 0.15) is 30.1 Å². The molecule has 3 aromatic carbocycles. The minimum absolute atomic E-state index is 0.0209. The summed E-state index contributed by atoms with van der Waals surface area (Å²) < 4.78 is 13.3. The van der Waals surface area contributed by atoms with Crippen LogP contribution >= 0.6 is 0 Å². The van der Waals surface area contributed by atoms with Crippen molar-refractivity contribution < 1.29 is 14.3 Å². The second-order valence-electron chi connectivity index (χ2n) is 15.8. The SMILES string of the molecule is CN(C)CCOc1ccc(C(C)(C)C)cc1C1(c2cc(C(C)(C)C)ccc2OCCN(C)C)C(=O)N(CCN(C)C)c2ccccc21. The fourth-order valence-electron chi connectivity index (χ4n) is 6.15. The number of ether oxygens (including phenoxy) is 2. The van der Waals surface area contributed by atoms with Crippen LogP contribution in [-0.4, -0.2) is 102 Å². The number of hydrogen-bond donors (Lipinski definition) is 0. The highest BCUT2D eigenvalue weighted by Gasteiger charge is 2.56. The van der Waals surface area contributed by atoms with Crippen molar-refractivity contribution >= 4 is 11.6 Å². The van der Waals surface area contributed by atoms with Gasteiger partial charge in [-0.2, -0.15) is 0 Å². The summed E-state index contributed by atoms with van der Waals surface area (Å²) >= 11 is 0. The largest absolute Gasteiger partial charge is 0.492 e. The van der Waals surface area contributed by atoms with Crippen LogP contribution in [0.25, 0.3) is 0 Å². The number of para-hydroxylation sites is 1. The standard InChI is InChI=1S/C40H58N4O3/c1-38(2,3)29-17-19-35(46-25-23-42(9)10)32(27-29)40(31-15-13-14-16-34(31)44(37(40)45)22-21-41(7)8)33-28-30(39(4,5)6)18-20-36(33)47-26-24-43(11)12/h13-20,27-28H,21-26H2,1-12H3. The van der Waals surface area contributed by atoms with Gasteiger partial charge in [0.15, 0.2) is 0 Å². The van der Waals surface area contributed by atoms with Gasteiger partial charge < -0.3 is 29.1 Å². The average Bonchev–Trinajstić information content (AvgIpc) is 3.22. The quantitative estimate of drug-likeness (QED) is 0.215. The summed E-state index contributed by atoms with van der Waals surface area (Å²) in [7, 11) is 12.3. The van der Waals surface area contributed by atoms with Crippen molar-refractivity contribution in [1.82, 2.24) is 14.7 Å². The maximum atomic E-state index is 15.7. The number of fused-ring (bicyclic) bond motifs is 1. The maximum Gasteiger partial charge on any atom is 0.247 e. The molecule has 1 aliphatic rings. The summed E-state index contributed by atoms with van der Waals surface area (Å²) in [6.07, 6.45) is 0. The van der Waals surface area contributed by atoms with Crippen molar-refractivity contribution in [3.8, 4) is 11.5 Å². The molecular weight excluding hydrogens is 584 g/mol. The second-order valence-corrected chi connectivity index (χ2v) is 15.8. The van der Waals surface area contributed by atoms with Crippen LogP contribution < -0.4 is 14.4 Å². The summed E-state index contributed by atoms with van der Waals surface area (Å²) in [4.78, 5) is 24.0. The van der Waals surface area contributed by atoms with Crippen LogP contribution in [0.3, 0.4) is 0 Å². The van der Waals surface area contributed by atoms with Gasteiger partial charge in [0.2, 0.25) is 5.91 Å². The third-order valence-electron chi connectivity index (χ3n) is 9.03. The monoisotopic (exact) mass is 642 g/mol. The zero-order chi connectivity index (χ0) is 34.7. The highest BCUT2D eigenvalue weighted by atomic mass is 16.5. The second kappa shape index (κ2) is 14.4. The number of hydrogen-bond acceptors (Lipinski definition) is 6. The number of carbonyl (C=O) groups excluding carboxylic acids is 1. The lowest BCUT2D eigenvalue weighted by Crippen LogP contribution is -2.45. The van der Waals surface area contributed by atoms with Gasteiger partial charge in [-0.3, -0.25) is 4.79 Å². The molecule has 47 heavy (non-hydrogen) atoms. The van der Waals surface area contributed by atoms with Gasteiger partial charge in [0, 0.05) is 48.6 Å². The number of nitrogens with zero attached hydrogens (tertiary/aromatic N) is 4. The minimum Gasteiger partial charge on any atom is -0.492 e. The number of amides is 1. The Balaban J connectivity index is 2.15. The number of anilines is 1. The maximum absolute atomic E-state index is 15.7. The van der Waals surface area contributed by atoms with Gasteiger partial charge in [-0.15, -0.1) is 0 Å². The topological polar surface area (TPSA) is 48.5 Å². The first-order chi connectivity index (χ1) is 22.0. The van der Waals surface area contributed by atoms with Crippen LogP contribution in [0.1, 0.15) is 69.4 Å². The Bertz CT molecular complexity index is 1460. The van der Waals surface area contributed by atoms with E-state index in [9.17, 15) is 0 Å². The Morgan fingerprint density at radius 2 is 1.06 bits per heavy atom. The molecule has 0 saturated carbocycles. The number of likely N-dealkylation sites (N-methyl/N-ethyl adjacent to an activating group) is 3. The zero-order valence-electron chi connectivity index (χ0n) is 31.0. The molecule has 0 radical (unpaired) electrons. The molecule has 0 fully saturated rings. The van der Waals surface area contributed by atoms with Crippen molar-refractivity contribution in [2.45, 2.75) is 57.8 Å². The molecular formula is C40H58N4O3. The van der Waals surface area contributed by atoms with Crippen LogP contribution in [-0.2, 0) is 21.0 Å². The molecule has 3 aromatic rings. The molecule has 256 valence electrons. The van der Waals surface area contributed by atoms with Gasteiger partial charge >= 0.3 is 0 Å². The van der Waals surface area contributed by atoms with Crippen LogP contribution in [0.15, 0.2) is 60.7 Å². The smallest absolute Gasteiger partial charge is 0.247 e. The summed E-state index contributed by atoms with van der Waals surface area (Å²) in [5.74, 6) is 1.46. The highest BCUT2D eigenvalue weighted by molar-refractivity contribution is 6.13. The van der Waals surface area contributed by atoms with Crippen LogP contribution in [0.5, 0.6) is 11.5 Å². The van der Waals surface area contributed by atoms with E-state index >= 15 is 4.79 Å². The molecule has 0 N–H and O–H groups in total. The van der Waals surface area contributed by atoms with E-state index in [1.807, 2.05) is 53.3 Å². The minimum atomic E-state index is -1.20. The first-order valence-electron chi connectivity index (χ1n) is 16.9. The Morgan fingerprint density at radius 3 is 1.49 bits per heavy atom. The Kier molecular flexibility index (Phi) is 11.2. The van der Waals surface area contributed by atoms with E-state index in [1.165, 1.54) is 0 Å². The summed E-state index contributed by atoms with van der Waals surface area (Å²) in [6.45, 7) is 17.1. The first kappa shape index (κ1) is 36.4. The molecule has 0 spiro atoms. The molecule has 0 saturated heterocycles. The third-order valence-corrected chi connectivity index (χ3v) is 9.03. The Labute approximate surface area is 284 Å². The van der Waals surface area contributed by atoms with E-state index in [0.29, 0.717) is 19.8 Å². The lowest BCUT2D eigenvalue weighted by molar-refractivity contribution is -0.120. The molecule has 0 atom stereocenters. The van der Waals surface area contributed by atoms with E-state index in [0.717, 1.165) is 64.6 Å². The van der Waals surface area contributed by atoms with E-state index in [-0.39, 0.29) is 16.7 Å². The Morgan fingerprint density at radius 1 is 0.617 bits per heavy atom. The van der Waals surface area contributed by atoms with Crippen LogP contribution in [0.4, 0.5) is 5.69 Å². The van der Waals surface area contributed by atoms with E-state index in [4.69, 9.17) is 9.47 Å². The molecule has 1 aliphatic heterocycles. The van der Waals surface area contributed by atoms with E-state index in [1.54, 1.807) is 0 Å². The van der Waals surface area contributed by atoms with Gasteiger partial charge in [0.25, 0.3) is 0 Å². The summed E-state index contributed by atoms with van der Waals surface area (Å²) in [5.41, 5.74) is 4.39. The highest BCUT2D eigenvalue weighted by Crippen LogP contribution is 2.55. The summed E-state index contributed by atoms with van der Waals surface area (Å²) in [5, 5.41) is 0. The molecule has 7 heteroatoms. The van der Waals surface area contributed by atoms with Crippen molar-refractivity contribution in [3.63, 3.8) is 0 Å². The van der Waals surface area contributed by atoms with Gasteiger partial charge in [-0.25, -0.2) is 0 Å². The fourth-order valence-corrected chi connectivity index (χ4v) is 6.15. The number of carbonyl (C=O) groups is 1. The third kappa shape index (κ3) is 7.85. The number of benzene rings is 3. The molecule has 0 unspecified atom stereocenters. The van der Waals surface area contributed by atoms with Gasteiger partial charge in [-0.1, -0.05) is 71.9 Å². The average molecular weight is 643 g/mol. The van der Waals surface area contributed by atoms with Crippen molar-refractivity contribution in [3.05, 3.63) is 88.5 Å². The predicted octanol–water partition coefficient (Wildman–Crippen LogP) is 6.41. The molecule has 0 bridgehead atoms. The van der Waals surface area contributed by atoms with Crippen molar-refractivity contribution in [1.29, 1.82) is 0 Å². The van der Waals surface area contributed by atoms with Crippen molar-refractivity contribution in [2.24, 2.45) is 0 Å². The molecule has 1 amide bonds. The zero-order valence-corrected chi connectivity index (χ0v) is 31.0. The first-order valence-corrected chi connectivity index (χ1v) is 16.9. The van der Waals surface area contributed by atoms with E-state index < -0.39 is 5.41 Å². The van der Waals surface area contributed by atoms with Crippen LogP contribution in [0, 0.1) is 0 Å². The Hall–Kier alpha value is -3.39. The lowest BCUT2D eigenvalue weighted by atomic mass is 9.67. The molecule has 0 aromatic heterocycles. The lowest BCUT2D eigenvalue weighted by Gasteiger charge is -2.35.